The molecule has 0 amide bonds. The van der Waals surface area contributed by atoms with Crippen molar-refractivity contribution >= 4 is 33.2 Å². The fraction of sp³-hybridized carbons (Fsp3) is 0.615. The number of carbonyl (C=O) groups is 1. The molecule has 1 unspecified atom stereocenters. The number of hydrogen-bond acceptors (Lipinski definition) is 4. The number of esters is 1. The number of thiophene rings is 1. The van der Waals surface area contributed by atoms with Gasteiger partial charge >= 0.3 is 5.97 Å². The van der Waals surface area contributed by atoms with E-state index in [1.54, 1.807) is 11.3 Å². The van der Waals surface area contributed by atoms with Gasteiger partial charge in [0.1, 0.15) is 0 Å². The molecule has 0 N–H and O–H groups in total. The summed E-state index contributed by atoms with van der Waals surface area (Å²) >= 11 is 5.23. The summed E-state index contributed by atoms with van der Waals surface area (Å²) in [5.41, 5.74) is 0. The molecule has 0 bridgehead atoms. The minimum Gasteiger partial charge on any atom is -0.466 e. The molecule has 0 spiro atoms. The topological polar surface area (TPSA) is 29.5 Å². The third kappa shape index (κ3) is 3.80. The maximum atomic E-state index is 11.7. The van der Waals surface area contributed by atoms with Crippen molar-refractivity contribution in [2.45, 2.75) is 26.3 Å². The van der Waals surface area contributed by atoms with Crippen molar-refractivity contribution in [2.24, 2.45) is 5.92 Å². The first kappa shape index (κ1) is 14.0. The molecule has 100 valence electrons. The van der Waals surface area contributed by atoms with E-state index in [2.05, 4.69) is 32.3 Å². The van der Waals surface area contributed by atoms with Gasteiger partial charge in [0.15, 0.2) is 0 Å². The zero-order valence-electron chi connectivity index (χ0n) is 10.5. The number of likely N-dealkylation sites (tertiary alicyclic amines) is 1. The van der Waals surface area contributed by atoms with Gasteiger partial charge in [-0.15, -0.1) is 11.3 Å². The predicted octanol–water partition coefficient (Wildman–Crippen LogP) is 3.29. The molecule has 1 aliphatic heterocycles. The first-order valence-electron chi connectivity index (χ1n) is 6.31. The largest absolute Gasteiger partial charge is 0.466 e. The van der Waals surface area contributed by atoms with Crippen LogP contribution in [0, 0.1) is 5.92 Å². The smallest absolute Gasteiger partial charge is 0.310 e. The van der Waals surface area contributed by atoms with Crippen LogP contribution in [0.2, 0.25) is 0 Å². The van der Waals surface area contributed by atoms with Gasteiger partial charge in [-0.25, -0.2) is 0 Å². The van der Waals surface area contributed by atoms with Crippen molar-refractivity contribution in [3.05, 3.63) is 20.8 Å². The van der Waals surface area contributed by atoms with Crippen LogP contribution < -0.4 is 0 Å². The molecular weight excluding hydrogens is 314 g/mol. The Labute approximate surface area is 120 Å². The predicted molar refractivity (Wildman–Crippen MR) is 76.7 cm³/mol. The SMILES string of the molecule is CCOC(=O)C1CCCN(Cc2cc(Br)cs2)C1. The van der Waals surface area contributed by atoms with Gasteiger partial charge in [0.05, 0.1) is 12.5 Å². The van der Waals surface area contributed by atoms with E-state index >= 15 is 0 Å². The number of piperidine rings is 1. The van der Waals surface area contributed by atoms with E-state index in [4.69, 9.17) is 4.74 Å². The average Bonchev–Trinajstić information content (AvgIpc) is 2.75. The lowest BCUT2D eigenvalue weighted by Crippen LogP contribution is -2.38. The van der Waals surface area contributed by atoms with E-state index in [1.165, 1.54) is 4.88 Å². The van der Waals surface area contributed by atoms with Crippen molar-refractivity contribution in [3.8, 4) is 0 Å². The van der Waals surface area contributed by atoms with Crippen LogP contribution in [0.4, 0.5) is 0 Å². The summed E-state index contributed by atoms with van der Waals surface area (Å²) < 4.78 is 6.25. The maximum absolute atomic E-state index is 11.7. The van der Waals surface area contributed by atoms with Crippen LogP contribution in [0.1, 0.15) is 24.6 Å². The summed E-state index contributed by atoms with van der Waals surface area (Å²) in [4.78, 5) is 15.4. The van der Waals surface area contributed by atoms with Gasteiger partial charge in [-0.2, -0.15) is 0 Å². The zero-order valence-corrected chi connectivity index (χ0v) is 12.9. The van der Waals surface area contributed by atoms with Crippen molar-refractivity contribution in [2.75, 3.05) is 19.7 Å². The number of carbonyl (C=O) groups excluding carboxylic acids is 1. The fourth-order valence-corrected chi connectivity index (χ4v) is 3.80. The number of halogens is 1. The molecule has 1 saturated heterocycles. The molecule has 1 aromatic heterocycles. The molecule has 18 heavy (non-hydrogen) atoms. The quantitative estimate of drug-likeness (QED) is 0.793. The first-order valence-corrected chi connectivity index (χ1v) is 7.98. The second kappa shape index (κ2) is 6.68. The second-order valence-corrected chi connectivity index (χ2v) is 6.47. The van der Waals surface area contributed by atoms with E-state index in [-0.39, 0.29) is 11.9 Å². The summed E-state index contributed by atoms with van der Waals surface area (Å²) in [5.74, 6) is 0.0247. The molecule has 0 aromatic carbocycles. The highest BCUT2D eigenvalue weighted by Crippen LogP contribution is 2.24. The lowest BCUT2D eigenvalue weighted by molar-refractivity contribution is -0.150. The van der Waals surface area contributed by atoms with Gasteiger partial charge in [0.2, 0.25) is 0 Å². The Balaban J connectivity index is 1.88. The molecule has 1 aromatic rings. The summed E-state index contributed by atoms with van der Waals surface area (Å²) in [6, 6.07) is 2.15. The zero-order chi connectivity index (χ0) is 13.0. The second-order valence-electron chi connectivity index (χ2n) is 4.56. The van der Waals surface area contributed by atoms with Gasteiger partial charge in [0.25, 0.3) is 0 Å². The summed E-state index contributed by atoms with van der Waals surface area (Å²) in [6.45, 7) is 5.18. The van der Waals surface area contributed by atoms with Crippen LogP contribution in [-0.4, -0.2) is 30.6 Å². The van der Waals surface area contributed by atoms with Crippen molar-refractivity contribution in [3.63, 3.8) is 0 Å². The van der Waals surface area contributed by atoms with Gasteiger partial charge < -0.3 is 4.74 Å². The number of ether oxygens (including phenoxy) is 1. The molecular formula is C13H18BrNO2S. The fourth-order valence-electron chi connectivity index (χ4n) is 2.31. The highest BCUT2D eigenvalue weighted by atomic mass is 79.9. The van der Waals surface area contributed by atoms with Crippen molar-refractivity contribution in [1.29, 1.82) is 0 Å². The molecule has 0 radical (unpaired) electrons. The Morgan fingerprint density at radius 3 is 3.17 bits per heavy atom. The summed E-state index contributed by atoms with van der Waals surface area (Å²) in [7, 11) is 0. The van der Waals surface area contributed by atoms with Gasteiger partial charge in [0, 0.05) is 27.8 Å². The van der Waals surface area contributed by atoms with Crippen LogP contribution in [-0.2, 0) is 16.1 Å². The van der Waals surface area contributed by atoms with Crippen molar-refractivity contribution in [1.82, 2.24) is 4.90 Å². The number of rotatable bonds is 4. The molecule has 2 rings (SSSR count). The molecule has 1 atom stereocenters. The average molecular weight is 332 g/mol. The van der Waals surface area contributed by atoms with Gasteiger partial charge in [-0.3, -0.25) is 9.69 Å². The summed E-state index contributed by atoms with van der Waals surface area (Å²) in [6.07, 6.45) is 2.04. The molecule has 0 aliphatic carbocycles. The Morgan fingerprint density at radius 1 is 1.67 bits per heavy atom. The normalized spacial score (nSPS) is 20.9. The Hall–Kier alpha value is -0.390. The number of hydrogen-bond donors (Lipinski definition) is 0. The van der Waals surface area contributed by atoms with Crippen LogP contribution >= 0.6 is 27.3 Å². The molecule has 1 fully saturated rings. The third-order valence-corrected chi connectivity index (χ3v) is 4.81. The van der Waals surface area contributed by atoms with Crippen LogP contribution in [0.5, 0.6) is 0 Å². The molecule has 0 saturated carbocycles. The lowest BCUT2D eigenvalue weighted by atomic mass is 9.98. The maximum Gasteiger partial charge on any atom is 0.310 e. The molecule has 3 nitrogen and oxygen atoms in total. The number of nitrogens with zero attached hydrogens (tertiary/aromatic N) is 1. The molecule has 5 heteroatoms. The van der Waals surface area contributed by atoms with Crippen molar-refractivity contribution < 1.29 is 9.53 Å². The van der Waals surface area contributed by atoms with Crippen LogP contribution in [0.25, 0.3) is 0 Å². The van der Waals surface area contributed by atoms with E-state index in [1.807, 2.05) is 6.92 Å². The highest BCUT2D eigenvalue weighted by Gasteiger charge is 2.26. The monoisotopic (exact) mass is 331 g/mol. The van der Waals surface area contributed by atoms with E-state index in [0.717, 1.165) is 36.9 Å². The third-order valence-electron chi connectivity index (χ3n) is 3.13. The Kier molecular flexibility index (Phi) is 5.21. The van der Waals surface area contributed by atoms with Gasteiger partial charge in [-0.1, -0.05) is 0 Å². The summed E-state index contributed by atoms with van der Waals surface area (Å²) in [5, 5.41) is 2.10. The Bertz CT molecular complexity index is 407. The van der Waals surface area contributed by atoms with Crippen LogP contribution in [0.15, 0.2) is 15.9 Å². The van der Waals surface area contributed by atoms with Gasteiger partial charge in [-0.05, 0) is 48.3 Å². The lowest BCUT2D eigenvalue weighted by Gasteiger charge is -2.31. The van der Waals surface area contributed by atoms with E-state index < -0.39 is 0 Å². The Morgan fingerprint density at radius 2 is 2.50 bits per heavy atom. The van der Waals surface area contributed by atoms with Crippen LogP contribution in [0.3, 0.4) is 0 Å². The molecule has 1 aliphatic rings. The molecule has 2 heterocycles. The highest BCUT2D eigenvalue weighted by molar-refractivity contribution is 9.10. The van der Waals surface area contributed by atoms with E-state index in [9.17, 15) is 4.79 Å². The first-order chi connectivity index (χ1) is 8.69. The minimum atomic E-state index is -0.0328. The standard InChI is InChI=1S/C13H18BrNO2S/c1-2-17-13(16)10-4-3-5-15(7-10)8-12-6-11(14)9-18-12/h6,9-10H,2-5,7-8H2,1H3. The van der Waals surface area contributed by atoms with E-state index in [0.29, 0.717) is 6.61 Å². The minimum absolute atomic E-state index is 0.0328.